The van der Waals surface area contributed by atoms with Gasteiger partial charge in [-0.1, -0.05) is 0 Å². The molecule has 0 radical (unpaired) electrons. The molecule has 9 nitrogen and oxygen atoms in total. The van der Waals surface area contributed by atoms with Crippen LogP contribution in [-0.4, -0.2) is 32.1 Å². The van der Waals surface area contributed by atoms with Gasteiger partial charge in [0.05, 0.1) is 4.92 Å². The van der Waals surface area contributed by atoms with Crippen molar-refractivity contribution in [1.29, 1.82) is 0 Å². The zero-order valence-corrected chi connectivity index (χ0v) is 10.3. The Bertz CT molecular complexity index is 586. The van der Waals surface area contributed by atoms with Gasteiger partial charge in [-0.05, 0) is 11.8 Å². The molecule has 2 aromatic rings. The van der Waals surface area contributed by atoms with Crippen LogP contribution >= 0.6 is 11.8 Å². The second-order valence-electron chi connectivity index (χ2n) is 3.08. The Morgan fingerprint density at radius 1 is 1.50 bits per heavy atom. The first kappa shape index (κ1) is 12.2. The Hall–Kier alpha value is -2.23. The molecular weight excluding hydrogens is 260 g/mol. The Labute approximate surface area is 105 Å². The lowest BCUT2D eigenvalue weighted by Crippen LogP contribution is -2.00. The van der Waals surface area contributed by atoms with Crippen LogP contribution in [0.2, 0.25) is 0 Å². The van der Waals surface area contributed by atoms with Gasteiger partial charge in [-0.2, -0.15) is 4.98 Å². The van der Waals surface area contributed by atoms with E-state index in [9.17, 15) is 10.1 Å². The second kappa shape index (κ2) is 4.96. The third kappa shape index (κ3) is 2.53. The molecule has 0 bridgehead atoms. The van der Waals surface area contributed by atoms with Crippen molar-refractivity contribution in [3.8, 4) is 0 Å². The highest BCUT2D eigenvalue weighted by Crippen LogP contribution is 2.32. The molecule has 10 heteroatoms. The molecule has 0 saturated carbocycles. The number of rotatable bonds is 4. The lowest BCUT2D eigenvalue weighted by molar-refractivity contribution is -0.388. The molecule has 2 aromatic heterocycles. The maximum Gasteiger partial charge on any atom is 0.320 e. The minimum Gasteiger partial charge on any atom is -0.416 e. The average molecular weight is 268 g/mol. The number of aryl methyl sites for hydroxylation is 1. The second-order valence-corrected chi connectivity index (χ2v) is 4.02. The molecule has 2 heterocycles. The quantitative estimate of drug-likeness (QED) is 0.496. The van der Waals surface area contributed by atoms with E-state index in [2.05, 4.69) is 25.5 Å². The number of hydrogen-bond donors (Lipinski definition) is 1. The molecule has 0 aliphatic carbocycles. The highest BCUT2D eigenvalue weighted by atomic mass is 32.2. The number of aromatic nitrogens is 4. The van der Waals surface area contributed by atoms with Gasteiger partial charge in [0.15, 0.2) is 5.03 Å². The maximum atomic E-state index is 10.8. The standard InChI is InChI=1S/C8H8N6O3S/c1-4-12-13-8(17-4)18-6-5(14(15)16)3-10-7(9-2)11-6/h3H,1-2H3,(H,9,10,11). The van der Waals surface area contributed by atoms with Gasteiger partial charge in [-0.15, -0.1) is 10.2 Å². The summed E-state index contributed by atoms with van der Waals surface area (Å²) in [7, 11) is 1.62. The molecule has 18 heavy (non-hydrogen) atoms. The summed E-state index contributed by atoms with van der Waals surface area (Å²) < 4.78 is 5.13. The SMILES string of the molecule is CNc1ncc([N+](=O)[O-])c(Sc2nnc(C)o2)n1. The van der Waals surface area contributed by atoms with Crippen LogP contribution in [0.5, 0.6) is 0 Å². The summed E-state index contributed by atoms with van der Waals surface area (Å²) in [6.45, 7) is 1.63. The van der Waals surface area contributed by atoms with Crippen LogP contribution < -0.4 is 5.32 Å². The van der Waals surface area contributed by atoms with E-state index < -0.39 is 4.92 Å². The van der Waals surface area contributed by atoms with Gasteiger partial charge in [-0.3, -0.25) is 10.1 Å². The molecule has 0 saturated heterocycles. The van der Waals surface area contributed by atoms with Crippen LogP contribution in [0.15, 0.2) is 20.9 Å². The summed E-state index contributed by atoms with van der Waals surface area (Å²) in [5.41, 5.74) is -0.213. The molecule has 1 N–H and O–H groups in total. The third-order valence-electron chi connectivity index (χ3n) is 1.85. The monoisotopic (exact) mass is 268 g/mol. The summed E-state index contributed by atoms with van der Waals surface area (Å²) in [5.74, 6) is 0.655. The maximum absolute atomic E-state index is 10.8. The van der Waals surface area contributed by atoms with Gasteiger partial charge in [0.25, 0.3) is 5.22 Å². The molecule has 0 fully saturated rings. The molecule has 0 spiro atoms. The first-order chi connectivity index (χ1) is 8.60. The summed E-state index contributed by atoms with van der Waals surface area (Å²) >= 11 is 0.920. The topological polar surface area (TPSA) is 120 Å². The zero-order valence-electron chi connectivity index (χ0n) is 9.45. The fraction of sp³-hybridized carbons (Fsp3) is 0.250. The van der Waals surface area contributed by atoms with Crippen molar-refractivity contribution in [2.24, 2.45) is 0 Å². The van der Waals surface area contributed by atoms with Crippen LogP contribution in [0.4, 0.5) is 11.6 Å². The van der Waals surface area contributed by atoms with Crippen molar-refractivity contribution in [2.45, 2.75) is 17.2 Å². The molecule has 0 aliphatic heterocycles. The van der Waals surface area contributed by atoms with Crippen molar-refractivity contribution in [1.82, 2.24) is 20.2 Å². The minimum atomic E-state index is -0.564. The van der Waals surface area contributed by atoms with Gasteiger partial charge in [-0.25, -0.2) is 4.98 Å². The van der Waals surface area contributed by atoms with Gasteiger partial charge >= 0.3 is 5.69 Å². The van der Waals surface area contributed by atoms with E-state index >= 15 is 0 Å². The first-order valence-electron chi connectivity index (χ1n) is 4.77. The first-order valence-corrected chi connectivity index (χ1v) is 5.59. The number of nitro groups is 1. The molecule has 0 aromatic carbocycles. The Morgan fingerprint density at radius 3 is 2.83 bits per heavy atom. The van der Waals surface area contributed by atoms with E-state index in [1.807, 2.05) is 0 Å². The van der Waals surface area contributed by atoms with Crippen molar-refractivity contribution in [3.05, 3.63) is 22.2 Å². The Morgan fingerprint density at radius 2 is 2.28 bits per heavy atom. The zero-order chi connectivity index (χ0) is 13.1. The molecule has 0 amide bonds. The Balaban J connectivity index is 2.37. The highest BCUT2D eigenvalue weighted by molar-refractivity contribution is 7.99. The minimum absolute atomic E-state index is 0.142. The summed E-state index contributed by atoms with van der Waals surface area (Å²) in [6, 6.07) is 0. The normalized spacial score (nSPS) is 10.3. The number of nitrogens with one attached hydrogen (secondary N) is 1. The molecule has 0 atom stereocenters. The lowest BCUT2D eigenvalue weighted by atomic mass is 10.5. The molecule has 0 unspecified atom stereocenters. The third-order valence-corrected chi connectivity index (χ3v) is 2.68. The van der Waals surface area contributed by atoms with Gasteiger partial charge in [0, 0.05) is 14.0 Å². The van der Waals surface area contributed by atoms with Crippen molar-refractivity contribution in [2.75, 3.05) is 12.4 Å². The fourth-order valence-corrected chi connectivity index (χ4v) is 1.86. The summed E-state index contributed by atoms with van der Waals surface area (Å²) in [6.07, 6.45) is 1.13. The number of nitrogens with zero attached hydrogens (tertiary/aromatic N) is 5. The van der Waals surface area contributed by atoms with Gasteiger partial charge < -0.3 is 9.73 Å². The lowest BCUT2D eigenvalue weighted by Gasteiger charge is -2.01. The van der Waals surface area contributed by atoms with Gasteiger partial charge in [0.2, 0.25) is 11.8 Å². The van der Waals surface area contributed by atoms with E-state index in [4.69, 9.17) is 4.42 Å². The van der Waals surface area contributed by atoms with Crippen LogP contribution in [0, 0.1) is 17.0 Å². The molecule has 2 rings (SSSR count). The largest absolute Gasteiger partial charge is 0.416 e. The smallest absolute Gasteiger partial charge is 0.320 e. The molecular formula is C8H8N6O3S. The fourth-order valence-electron chi connectivity index (χ4n) is 1.08. The molecule has 94 valence electrons. The van der Waals surface area contributed by atoms with Crippen molar-refractivity contribution >= 4 is 23.4 Å². The van der Waals surface area contributed by atoms with E-state index in [0.717, 1.165) is 18.0 Å². The highest BCUT2D eigenvalue weighted by Gasteiger charge is 2.20. The van der Waals surface area contributed by atoms with E-state index in [1.54, 1.807) is 14.0 Å². The Kier molecular flexibility index (Phi) is 3.37. The van der Waals surface area contributed by atoms with E-state index in [0.29, 0.717) is 5.89 Å². The van der Waals surface area contributed by atoms with Gasteiger partial charge in [0.1, 0.15) is 6.20 Å². The van der Waals surface area contributed by atoms with Crippen LogP contribution in [0.3, 0.4) is 0 Å². The predicted molar refractivity (Wildman–Crippen MR) is 61.4 cm³/mol. The number of anilines is 1. The van der Waals surface area contributed by atoms with Crippen LogP contribution in [0.1, 0.15) is 5.89 Å². The van der Waals surface area contributed by atoms with E-state index in [-0.39, 0.29) is 21.9 Å². The summed E-state index contributed by atoms with van der Waals surface area (Å²) in [5, 5.41) is 21.2. The predicted octanol–water partition coefficient (Wildman–Crippen LogP) is 1.27. The van der Waals surface area contributed by atoms with Crippen molar-refractivity contribution < 1.29 is 9.34 Å². The molecule has 0 aliphatic rings. The number of hydrogen-bond acceptors (Lipinski definition) is 9. The van der Waals surface area contributed by atoms with Crippen LogP contribution in [-0.2, 0) is 0 Å². The average Bonchev–Trinajstić information content (AvgIpc) is 2.74. The summed E-state index contributed by atoms with van der Waals surface area (Å²) in [4.78, 5) is 18.0. The van der Waals surface area contributed by atoms with Crippen molar-refractivity contribution in [3.63, 3.8) is 0 Å². The van der Waals surface area contributed by atoms with E-state index in [1.165, 1.54) is 0 Å². The van der Waals surface area contributed by atoms with Crippen LogP contribution in [0.25, 0.3) is 0 Å².